The first-order valence-corrected chi connectivity index (χ1v) is 6.63. The Labute approximate surface area is 110 Å². The van der Waals surface area contributed by atoms with Gasteiger partial charge in [-0.2, -0.15) is 0 Å². The van der Waals surface area contributed by atoms with Crippen molar-refractivity contribution in [2.45, 2.75) is 52.2 Å². The molecule has 3 nitrogen and oxygen atoms in total. The topological polar surface area (TPSA) is 55.5 Å². The Bertz CT molecular complexity index is 377. The summed E-state index contributed by atoms with van der Waals surface area (Å²) in [7, 11) is 0. The summed E-state index contributed by atoms with van der Waals surface area (Å²) in [6.45, 7) is 8.36. The lowest BCUT2D eigenvalue weighted by Gasteiger charge is -2.23. The second-order valence-corrected chi connectivity index (χ2v) is 5.08. The van der Waals surface area contributed by atoms with Crippen LogP contribution >= 0.6 is 0 Å². The molecular formula is C15H25NO2. The van der Waals surface area contributed by atoms with Crippen molar-refractivity contribution in [3.8, 4) is 5.75 Å². The van der Waals surface area contributed by atoms with E-state index >= 15 is 0 Å². The van der Waals surface area contributed by atoms with Crippen LogP contribution in [-0.2, 0) is 0 Å². The number of benzene rings is 1. The fourth-order valence-electron chi connectivity index (χ4n) is 2.07. The number of aliphatic hydroxyl groups excluding tert-OH is 1. The zero-order valence-corrected chi connectivity index (χ0v) is 11.8. The third kappa shape index (κ3) is 3.72. The summed E-state index contributed by atoms with van der Waals surface area (Å²) in [5.41, 5.74) is 8.44. The number of nitrogens with two attached hydrogens (primary N) is 1. The summed E-state index contributed by atoms with van der Waals surface area (Å²) >= 11 is 0. The van der Waals surface area contributed by atoms with Crippen LogP contribution in [0.25, 0.3) is 0 Å². The lowest BCUT2D eigenvalue weighted by Crippen LogP contribution is -2.41. The average molecular weight is 251 g/mol. The highest BCUT2D eigenvalue weighted by molar-refractivity contribution is 5.36. The zero-order chi connectivity index (χ0) is 13.7. The Kier molecular flexibility index (Phi) is 5.63. The molecule has 3 heteroatoms. The molecule has 0 saturated heterocycles. The first-order valence-electron chi connectivity index (χ1n) is 6.63. The van der Waals surface area contributed by atoms with Crippen LogP contribution in [0.5, 0.6) is 5.75 Å². The van der Waals surface area contributed by atoms with Crippen LogP contribution in [0.2, 0.25) is 0 Å². The van der Waals surface area contributed by atoms with Gasteiger partial charge in [-0.3, -0.25) is 0 Å². The fraction of sp³-hybridized carbons (Fsp3) is 0.600. The minimum absolute atomic E-state index is 0.0556. The summed E-state index contributed by atoms with van der Waals surface area (Å²) in [6.07, 6.45) is 0.452. The van der Waals surface area contributed by atoms with Crippen molar-refractivity contribution >= 4 is 0 Å². The number of ether oxygens (including phenoxy) is 1. The largest absolute Gasteiger partial charge is 0.486 e. The van der Waals surface area contributed by atoms with Crippen molar-refractivity contribution in [2.75, 3.05) is 6.61 Å². The summed E-state index contributed by atoms with van der Waals surface area (Å²) in [6, 6.07) is 5.91. The Morgan fingerprint density at radius 1 is 1.33 bits per heavy atom. The van der Waals surface area contributed by atoms with Crippen LogP contribution in [0.1, 0.15) is 44.2 Å². The Balaban J connectivity index is 2.82. The van der Waals surface area contributed by atoms with Crippen LogP contribution in [0.15, 0.2) is 18.2 Å². The number of hydrogen-bond acceptors (Lipinski definition) is 3. The molecule has 102 valence electrons. The van der Waals surface area contributed by atoms with Gasteiger partial charge in [-0.25, -0.2) is 0 Å². The Hall–Kier alpha value is -1.06. The molecule has 0 radical (unpaired) electrons. The summed E-state index contributed by atoms with van der Waals surface area (Å²) in [4.78, 5) is 0. The van der Waals surface area contributed by atoms with Crippen LogP contribution in [-0.4, -0.2) is 23.9 Å². The van der Waals surface area contributed by atoms with Crippen molar-refractivity contribution in [3.05, 3.63) is 29.3 Å². The van der Waals surface area contributed by atoms with E-state index in [1.54, 1.807) is 0 Å². The van der Waals surface area contributed by atoms with E-state index in [1.165, 1.54) is 11.1 Å². The summed E-state index contributed by atoms with van der Waals surface area (Å²) in [5.74, 6) is 1.28. The van der Waals surface area contributed by atoms with Crippen LogP contribution < -0.4 is 10.5 Å². The van der Waals surface area contributed by atoms with Gasteiger partial charge in [-0.15, -0.1) is 0 Å². The van der Waals surface area contributed by atoms with Crippen molar-refractivity contribution < 1.29 is 9.84 Å². The molecule has 0 fully saturated rings. The molecule has 2 atom stereocenters. The Morgan fingerprint density at radius 2 is 2.00 bits per heavy atom. The first-order chi connectivity index (χ1) is 8.49. The Morgan fingerprint density at radius 3 is 2.44 bits per heavy atom. The number of aliphatic hydroxyl groups is 1. The summed E-state index contributed by atoms with van der Waals surface area (Å²) < 4.78 is 5.76. The maximum absolute atomic E-state index is 9.30. The van der Waals surface area contributed by atoms with Gasteiger partial charge in [0.1, 0.15) is 11.9 Å². The normalized spacial score (nSPS) is 14.6. The standard InChI is InChI=1S/C15H25NO2/c1-5-14(16)15(9-17)18-12-6-7-13(10(2)3)11(4)8-12/h6-8,10,14-15,17H,5,9,16H2,1-4H3. The minimum atomic E-state index is -0.334. The third-order valence-corrected chi connectivity index (χ3v) is 3.28. The highest BCUT2D eigenvalue weighted by atomic mass is 16.5. The molecule has 3 N–H and O–H groups in total. The lowest BCUT2D eigenvalue weighted by atomic mass is 9.98. The molecule has 0 amide bonds. The van der Waals surface area contributed by atoms with Crippen molar-refractivity contribution in [1.29, 1.82) is 0 Å². The molecule has 2 unspecified atom stereocenters. The molecule has 18 heavy (non-hydrogen) atoms. The molecule has 1 aromatic rings. The smallest absolute Gasteiger partial charge is 0.137 e. The second kappa shape index (κ2) is 6.76. The first kappa shape index (κ1) is 15.0. The average Bonchev–Trinajstić information content (AvgIpc) is 2.34. The SMILES string of the molecule is CCC(N)C(CO)Oc1ccc(C(C)C)c(C)c1. The second-order valence-electron chi connectivity index (χ2n) is 5.08. The van der Waals surface area contributed by atoms with E-state index in [-0.39, 0.29) is 18.8 Å². The van der Waals surface area contributed by atoms with Gasteiger partial charge in [0, 0.05) is 6.04 Å². The maximum Gasteiger partial charge on any atom is 0.137 e. The lowest BCUT2D eigenvalue weighted by molar-refractivity contribution is 0.0932. The third-order valence-electron chi connectivity index (χ3n) is 3.28. The minimum Gasteiger partial charge on any atom is -0.486 e. The molecule has 1 rings (SSSR count). The molecular weight excluding hydrogens is 226 g/mol. The van der Waals surface area contributed by atoms with Crippen molar-refractivity contribution in [3.63, 3.8) is 0 Å². The predicted molar refractivity (Wildman–Crippen MR) is 75.0 cm³/mol. The van der Waals surface area contributed by atoms with E-state index in [1.807, 2.05) is 19.1 Å². The quantitative estimate of drug-likeness (QED) is 0.817. The van der Waals surface area contributed by atoms with Crippen LogP contribution in [0.3, 0.4) is 0 Å². The number of hydrogen-bond donors (Lipinski definition) is 2. The molecule has 0 aliphatic carbocycles. The van der Waals surface area contributed by atoms with Crippen molar-refractivity contribution in [1.82, 2.24) is 0 Å². The van der Waals surface area contributed by atoms with Crippen LogP contribution in [0, 0.1) is 6.92 Å². The molecule has 0 saturated carbocycles. The monoisotopic (exact) mass is 251 g/mol. The fourth-order valence-corrected chi connectivity index (χ4v) is 2.07. The number of aryl methyl sites for hydroxylation is 1. The molecule has 0 aliphatic heterocycles. The van der Waals surface area contributed by atoms with Gasteiger partial charge < -0.3 is 15.6 Å². The molecule has 1 aromatic carbocycles. The molecule has 0 bridgehead atoms. The van der Waals surface area contributed by atoms with E-state index in [9.17, 15) is 5.11 Å². The maximum atomic E-state index is 9.30. The van der Waals surface area contributed by atoms with E-state index < -0.39 is 0 Å². The van der Waals surface area contributed by atoms with E-state index in [2.05, 4.69) is 26.8 Å². The van der Waals surface area contributed by atoms with Gasteiger partial charge in [0.15, 0.2) is 0 Å². The van der Waals surface area contributed by atoms with E-state index in [4.69, 9.17) is 10.5 Å². The molecule has 0 aromatic heterocycles. The summed E-state index contributed by atoms with van der Waals surface area (Å²) in [5, 5.41) is 9.30. The van der Waals surface area contributed by atoms with Gasteiger partial charge >= 0.3 is 0 Å². The van der Waals surface area contributed by atoms with Crippen LogP contribution in [0.4, 0.5) is 0 Å². The van der Waals surface area contributed by atoms with Gasteiger partial charge in [0.25, 0.3) is 0 Å². The van der Waals surface area contributed by atoms with Gasteiger partial charge in [-0.1, -0.05) is 26.8 Å². The number of rotatable bonds is 6. The van der Waals surface area contributed by atoms with E-state index in [0.717, 1.165) is 12.2 Å². The van der Waals surface area contributed by atoms with Gasteiger partial charge in [0.05, 0.1) is 6.61 Å². The highest BCUT2D eigenvalue weighted by Crippen LogP contribution is 2.24. The van der Waals surface area contributed by atoms with Gasteiger partial charge in [0.2, 0.25) is 0 Å². The predicted octanol–water partition coefficient (Wildman–Crippen LogP) is 2.60. The molecule has 0 heterocycles. The molecule has 0 spiro atoms. The zero-order valence-electron chi connectivity index (χ0n) is 11.8. The molecule has 0 aliphatic rings. The van der Waals surface area contributed by atoms with E-state index in [0.29, 0.717) is 5.92 Å². The van der Waals surface area contributed by atoms with Crippen molar-refractivity contribution in [2.24, 2.45) is 5.73 Å². The van der Waals surface area contributed by atoms with Gasteiger partial charge in [-0.05, 0) is 42.5 Å². The highest BCUT2D eigenvalue weighted by Gasteiger charge is 2.17.